The van der Waals surface area contributed by atoms with Crippen molar-refractivity contribution in [3.63, 3.8) is 0 Å². The van der Waals surface area contributed by atoms with Crippen molar-refractivity contribution in [1.29, 1.82) is 0 Å². The van der Waals surface area contributed by atoms with Crippen molar-refractivity contribution in [2.75, 3.05) is 6.61 Å². The molecule has 0 bridgehead atoms. The Hall–Kier alpha value is 0.137. The topological polar surface area (TPSA) is 29.5 Å². The Morgan fingerprint density at radius 2 is 1.64 bits per heavy atom. The molecular weight excluding hydrogens is 192 g/mol. The molecule has 0 amide bonds. The zero-order valence-electron chi connectivity index (χ0n) is 10.7. The summed E-state index contributed by atoms with van der Waals surface area (Å²) in [6, 6.07) is 0. The van der Waals surface area contributed by atoms with E-state index in [1.54, 1.807) is 0 Å². The minimum atomic E-state index is -1.71. The van der Waals surface area contributed by atoms with Gasteiger partial charge in [-0.3, -0.25) is 0 Å². The third-order valence-corrected chi connectivity index (χ3v) is 7.68. The highest BCUT2D eigenvalue weighted by atomic mass is 28.4. The normalized spacial score (nSPS) is 16.1. The Labute approximate surface area is 89.8 Å². The van der Waals surface area contributed by atoms with Gasteiger partial charge in [0.05, 0.1) is 12.7 Å². The van der Waals surface area contributed by atoms with Crippen molar-refractivity contribution >= 4 is 8.32 Å². The average molecular weight is 218 g/mol. The first-order valence-corrected chi connectivity index (χ1v) is 8.31. The monoisotopic (exact) mass is 218 g/mol. The maximum atomic E-state index is 9.22. The molecular formula is C11H26O2Si. The van der Waals surface area contributed by atoms with Gasteiger partial charge in [0.1, 0.15) is 0 Å². The molecule has 0 aromatic heterocycles. The molecule has 1 atom stereocenters. The summed E-state index contributed by atoms with van der Waals surface area (Å²) in [7, 11) is -1.71. The molecule has 1 N–H and O–H groups in total. The number of rotatable bonds is 4. The molecule has 14 heavy (non-hydrogen) atoms. The molecule has 3 heteroatoms. The van der Waals surface area contributed by atoms with Crippen LogP contribution in [0.2, 0.25) is 18.1 Å². The highest BCUT2D eigenvalue weighted by molar-refractivity contribution is 6.74. The lowest BCUT2D eigenvalue weighted by atomic mass is 10.1. The number of aliphatic hydroxyl groups excluding tert-OH is 1. The fraction of sp³-hybridized carbons (Fsp3) is 1.00. The van der Waals surface area contributed by atoms with E-state index in [-0.39, 0.29) is 17.7 Å². The predicted molar refractivity (Wildman–Crippen MR) is 64.0 cm³/mol. The summed E-state index contributed by atoms with van der Waals surface area (Å²) in [5.41, 5.74) is 0. The lowest BCUT2D eigenvalue weighted by molar-refractivity contribution is 0.0683. The van der Waals surface area contributed by atoms with Crippen molar-refractivity contribution in [2.45, 2.75) is 58.9 Å². The molecule has 0 radical (unpaired) electrons. The molecule has 0 aromatic carbocycles. The van der Waals surface area contributed by atoms with Crippen molar-refractivity contribution in [2.24, 2.45) is 5.92 Å². The van der Waals surface area contributed by atoms with E-state index < -0.39 is 8.32 Å². The van der Waals surface area contributed by atoms with Gasteiger partial charge in [0, 0.05) is 0 Å². The van der Waals surface area contributed by atoms with E-state index in [1.165, 1.54) is 0 Å². The standard InChI is InChI=1S/C11H26O2Si/c1-9(2)10(8-12)13-14(6,7)11(3,4)5/h9-10,12H,8H2,1-7H3. The summed E-state index contributed by atoms with van der Waals surface area (Å²) in [5.74, 6) is 0.383. The smallest absolute Gasteiger partial charge is 0.192 e. The minimum Gasteiger partial charge on any atom is -0.411 e. The van der Waals surface area contributed by atoms with E-state index in [0.29, 0.717) is 5.92 Å². The first-order chi connectivity index (χ1) is 6.12. The van der Waals surface area contributed by atoms with Crippen LogP contribution in [-0.2, 0) is 4.43 Å². The molecule has 0 aliphatic carbocycles. The summed E-state index contributed by atoms with van der Waals surface area (Å²) in [6.45, 7) is 15.4. The average Bonchev–Trinajstić information content (AvgIpc) is 1.97. The van der Waals surface area contributed by atoms with Crippen LogP contribution >= 0.6 is 0 Å². The molecule has 0 aliphatic rings. The third-order valence-electron chi connectivity index (χ3n) is 3.18. The van der Waals surface area contributed by atoms with Gasteiger partial charge in [0.15, 0.2) is 8.32 Å². The predicted octanol–water partition coefficient (Wildman–Crippen LogP) is 3.03. The van der Waals surface area contributed by atoms with Crippen LogP contribution in [0.1, 0.15) is 34.6 Å². The van der Waals surface area contributed by atoms with E-state index >= 15 is 0 Å². The molecule has 0 spiro atoms. The number of aliphatic hydroxyl groups is 1. The van der Waals surface area contributed by atoms with Crippen molar-refractivity contribution in [1.82, 2.24) is 0 Å². The highest BCUT2D eigenvalue weighted by Gasteiger charge is 2.39. The Morgan fingerprint density at radius 3 is 1.86 bits per heavy atom. The zero-order valence-corrected chi connectivity index (χ0v) is 11.7. The molecule has 1 unspecified atom stereocenters. The second-order valence-electron chi connectivity index (χ2n) is 5.84. The molecule has 86 valence electrons. The van der Waals surface area contributed by atoms with E-state index in [1.807, 2.05) is 0 Å². The summed E-state index contributed by atoms with van der Waals surface area (Å²) < 4.78 is 6.10. The summed E-state index contributed by atoms with van der Waals surface area (Å²) >= 11 is 0. The second kappa shape index (κ2) is 4.77. The van der Waals surface area contributed by atoms with Gasteiger partial charge < -0.3 is 9.53 Å². The van der Waals surface area contributed by atoms with Crippen LogP contribution in [0, 0.1) is 5.92 Å². The zero-order chi connectivity index (χ0) is 11.6. The quantitative estimate of drug-likeness (QED) is 0.735. The fourth-order valence-electron chi connectivity index (χ4n) is 0.939. The second-order valence-corrected chi connectivity index (χ2v) is 10.6. The van der Waals surface area contributed by atoms with E-state index in [9.17, 15) is 5.11 Å². The van der Waals surface area contributed by atoms with E-state index in [0.717, 1.165) is 0 Å². The maximum absolute atomic E-state index is 9.22. The first kappa shape index (κ1) is 14.1. The van der Waals surface area contributed by atoms with Crippen LogP contribution in [-0.4, -0.2) is 26.1 Å². The molecule has 0 aliphatic heterocycles. The lowest BCUT2D eigenvalue weighted by Gasteiger charge is -2.39. The number of hydrogen-bond donors (Lipinski definition) is 1. The van der Waals surface area contributed by atoms with Gasteiger partial charge in [-0.25, -0.2) is 0 Å². The third kappa shape index (κ3) is 3.71. The van der Waals surface area contributed by atoms with Crippen molar-refractivity contribution in [3.05, 3.63) is 0 Å². The van der Waals surface area contributed by atoms with Gasteiger partial charge in [-0.1, -0.05) is 34.6 Å². The Bertz CT molecular complexity index is 171. The summed E-state index contributed by atoms with van der Waals surface area (Å²) in [4.78, 5) is 0. The molecule has 2 nitrogen and oxygen atoms in total. The maximum Gasteiger partial charge on any atom is 0.192 e. The largest absolute Gasteiger partial charge is 0.411 e. The van der Waals surface area contributed by atoms with Crippen LogP contribution < -0.4 is 0 Å². The van der Waals surface area contributed by atoms with Crippen LogP contribution in [0.3, 0.4) is 0 Å². The fourth-order valence-corrected chi connectivity index (χ4v) is 2.40. The summed E-state index contributed by atoms with van der Waals surface area (Å²) in [6.07, 6.45) is -0.00380. The first-order valence-electron chi connectivity index (χ1n) is 5.40. The van der Waals surface area contributed by atoms with Gasteiger partial charge in [-0.05, 0) is 24.1 Å². The van der Waals surface area contributed by atoms with Gasteiger partial charge in [0.2, 0.25) is 0 Å². The van der Waals surface area contributed by atoms with Crippen molar-refractivity contribution < 1.29 is 9.53 Å². The Kier molecular flexibility index (Phi) is 4.82. The molecule has 0 fully saturated rings. The van der Waals surface area contributed by atoms with Crippen LogP contribution in [0.4, 0.5) is 0 Å². The summed E-state index contributed by atoms with van der Waals surface area (Å²) in [5, 5.41) is 9.44. The number of hydrogen-bond acceptors (Lipinski definition) is 2. The van der Waals surface area contributed by atoms with Crippen LogP contribution in [0.15, 0.2) is 0 Å². The van der Waals surface area contributed by atoms with E-state index in [2.05, 4.69) is 47.7 Å². The minimum absolute atomic E-state index is 0.00380. The van der Waals surface area contributed by atoms with Crippen LogP contribution in [0.25, 0.3) is 0 Å². The van der Waals surface area contributed by atoms with E-state index in [4.69, 9.17) is 4.43 Å². The Morgan fingerprint density at radius 1 is 1.21 bits per heavy atom. The van der Waals surface area contributed by atoms with Gasteiger partial charge in [-0.15, -0.1) is 0 Å². The van der Waals surface area contributed by atoms with Gasteiger partial charge in [0.25, 0.3) is 0 Å². The molecule has 0 rings (SSSR count). The Balaban J connectivity index is 4.48. The SMILES string of the molecule is CC(C)C(CO)O[Si](C)(C)C(C)(C)C. The molecule has 0 heterocycles. The van der Waals surface area contributed by atoms with Crippen LogP contribution in [0.5, 0.6) is 0 Å². The highest BCUT2D eigenvalue weighted by Crippen LogP contribution is 2.37. The van der Waals surface area contributed by atoms with Gasteiger partial charge >= 0.3 is 0 Å². The molecule has 0 aromatic rings. The molecule has 0 saturated carbocycles. The lowest BCUT2D eigenvalue weighted by Crippen LogP contribution is -2.46. The molecule has 0 saturated heterocycles. The van der Waals surface area contributed by atoms with Gasteiger partial charge in [-0.2, -0.15) is 0 Å². The van der Waals surface area contributed by atoms with Crippen molar-refractivity contribution in [3.8, 4) is 0 Å².